The average molecular weight is 779 g/mol. The van der Waals surface area contributed by atoms with Gasteiger partial charge < -0.3 is 4.57 Å². The molecule has 0 radical (unpaired) electrons. The lowest BCUT2D eigenvalue weighted by molar-refractivity contribution is 0.620. The number of thiophene rings is 1. The van der Waals surface area contributed by atoms with Crippen molar-refractivity contribution < 1.29 is 0 Å². The van der Waals surface area contributed by atoms with Crippen LogP contribution in [0.3, 0.4) is 0 Å². The number of nitrogens with zero attached hydrogens (tertiary/aromatic N) is 4. The number of rotatable bonds is 5. The Hall–Kier alpha value is -6.60. The number of fused-ring (bicyclic) bond motifs is 9. The average Bonchev–Trinajstić information content (AvgIpc) is 3.93. The van der Waals surface area contributed by atoms with Gasteiger partial charge in [0.05, 0.1) is 11.0 Å². The molecule has 0 amide bonds. The van der Waals surface area contributed by atoms with Gasteiger partial charge in [0, 0.05) is 68.9 Å². The molecule has 274 valence electrons. The zero-order valence-electron chi connectivity index (χ0n) is 31.5. The van der Waals surface area contributed by atoms with Crippen LogP contribution in [0.2, 0.25) is 0 Å². The topological polar surface area (TPSA) is 43.6 Å². The summed E-state index contributed by atoms with van der Waals surface area (Å²) in [6.07, 6.45) is 9.01. The molecule has 3 aromatic heterocycles. The first-order valence-electron chi connectivity index (χ1n) is 19.6. The van der Waals surface area contributed by atoms with Gasteiger partial charge >= 0.3 is 0 Å². The Bertz CT molecular complexity index is 3340. The molecule has 7 aromatic carbocycles. The molecule has 2 unspecified atom stereocenters. The molecule has 0 spiro atoms. The minimum atomic E-state index is -0.0899. The third-order valence-corrected chi connectivity index (χ3v) is 14.7. The van der Waals surface area contributed by atoms with Crippen molar-refractivity contribution in [1.82, 2.24) is 19.5 Å². The molecule has 0 saturated carbocycles. The van der Waals surface area contributed by atoms with Crippen molar-refractivity contribution >= 4 is 65.1 Å². The highest BCUT2D eigenvalue weighted by Crippen LogP contribution is 2.54. The molecule has 2 atom stereocenters. The number of allylic oxidation sites excluding steroid dienone is 3. The van der Waals surface area contributed by atoms with E-state index in [1.165, 1.54) is 52.5 Å². The van der Waals surface area contributed by atoms with Crippen molar-refractivity contribution in [3.63, 3.8) is 0 Å². The molecule has 6 heteroatoms. The van der Waals surface area contributed by atoms with E-state index in [9.17, 15) is 0 Å². The van der Waals surface area contributed by atoms with Gasteiger partial charge in [-0.2, -0.15) is 0 Å². The summed E-state index contributed by atoms with van der Waals surface area (Å²) in [6, 6.07) is 56.6. The first-order valence-corrected chi connectivity index (χ1v) is 21.3. The molecule has 1 aliphatic carbocycles. The van der Waals surface area contributed by atoms with E-state index in [2.05, 4.69) is 194 Å². The molecule has 12 rings (SSSR count). The molecular weight excluding hydrogens is 745 g/mol. The van der Waals surface area contributed by atoms with Crippen LogP contribution in [0.5, 0.6) is 0 Å². The number of benzene rings is 7. The lowest BCUT2D eigenvalue weighted by atomic mass is 9.77. The smallest absolute Gasteiger partial charge is 0.165 e. The fraction of sp³-hybridized carbons (Fsp3) is 0.0577. The van der Waals surface area contributed by atoms with Crippen molar-refractivity contribution in [3.05, 3.63) is 188 Å². The molecule has 4 heterocycles. The molecule has 0 N–H and O–H groups in total. The standard InChI is InChI=1S/C52H34N4S2/c1-52-29-10-9-20-47(52)58-48-41(16-11-17-42(48)52)51-54-49(53-50(55-51)35-24-28-40-39-15-6-8-19-45(39)57-46(40)31-35)34-23-27-38-37-14-5-7-18-43(37)56(44(38)30-34)36-25-21-33(22-26-36)32-12-3-2-4-13-32/h2-31,47H,1H3. The van der Waals surface area contributed by atoms with Crippen molar-refractivity contribution in [2.75, 3.05) is 0 Å². The van der Waals surface area contributed by atoms with E-state index in [-0.39, 0.29) is 5.41 Å². The number of thioether (sulfide) groups is 1. The maximum absolute atomic E-state index is 5.34. The van der Waals surface area contributed by atoms with Crippen molar-refractivity contribution in [2.24, 2.45) is 0 Å². The summed E-state index contributed by atoms with van der Waals surface area (Å²) in [5, 5.41) is 5.24. The molecule has 2 aliphatic rings. The summed E-state index contributed by atoms with van der Waals surface area (Å²) >= 11 is 3.72. The van der Waals surface area contributed by atoms with E-state index >= 15 is 0 Å². The van der Waals surface area contributed by atoms with Gasteiger partial charge in [-0.1, -0.05) is 153 Å². The lowest BCUT2D eigenvalue weighted by Gasteiger charge is -2.28. The Morgan fingerprint density at radius 2 is 1.17 bits per heavy atom. The molecular formula is C52H34N4S2. The van der Waals surface area contributed by atoms with Gasteiger partial charge in [-0.3, -0.25) is 0 Å². The van der Waals surface area contributed by atoms with Gasteiger partial charge in [-0.25, -0.2) is 15.0 Å². The number of para-hydroxylation sites is 1. The maximum atomic E-state index is 5.34. The molecule has 0 bridgehead atoms. The minimum Gasteiger partial charge on any atom is -0.309 e. The summed E-state index contributed by atoms with van der Waals surface area (Å²) in [5.41, 5.74) is 9.95. The van der Waals surface area contributed by atoms with Gasteiger partial charge in [-0.05, 0) is 53.1 Å². The Balaban J connectivity index is 1.06. The van der Waals surface area contributed by atoms with Crippen LogP contribution >= 0.6 is 23.1 Å². The zero-order valence-corrected chi connectivity index (χ0v) is 33.1. The second kappa shape index (κ2) is 13.0. The van der Waals surface area contributed by atoms with Crippen LogP contribution in [-0.2, 0) is 5.41 Å². The van der Waals surface area contributed by atoms with Crippen molar-refractivity contribution in [2.45, 2.75) is 22.5 Å². The van der Waals surface area contributed by atoms with E-state index in [0.717, 1.165) is 33.4 Å². The van der Waals surface area contributed by atoms with E-state index in [0.29, 0.717) is 22.7 Å². The van der Waals surface area contributed by atoms with Gasteiger partial charge in [0.15, 0.2) is 17.5 Å². The molecule has 1 aliphatic heterocycles. The molecule has 4 nitrogen and oxygen atoms in total. The first-order chi connectivity index (χ1) is 28.6. The fourth-order valence-corrected chi connectivity index (χ4v) is 11.7. The van der Waals surface area contributed by atoms with E-state index < -0.39 is 0 Å². The van der Waals surface area contributed by atoms with Crippen molar-refractivity contribution in [1.29, 1.82) is 0 Å². The zero-order chi connectivity index (χ0) is 38.4. The van der Waals surface area contributed by atoms with Crippen LogP contribution < -0.4 is 0 Å². The monoisotopic (exact) mass is 778 g/mol. The summed E-state index contributed by atoms with van der Waals surface area (Å²) in [4.78, 5) is 17.2. The highest BCUT2D eigenvalue weighted by molar-refractivity contribution is 8.00. The third kappa shape index (κ3) is 5.18. The third-order valence-electron chi connectivity index (χ3n) is 11.9. The number of hydrogen-bond acceptors (Lipinski definition) is 5. The van der Waals surface area contributed by atoms with Gasteiger partial charge in [0.2, 0.25) is 0 Å². The first kappa shape index (κ1) is 33.5. The molecule has 58 heavy (non-hydrogen) atoms. The Kier molecular flexibility index (Phi) is 7.50. The summed E-state index contributed by atoms with van der Waals surface area (Å²) < 4.78 is 4.86. The van der Waals surface area contributed by atoms with Crippen LogP contribution in [0.1, 0.15) is 12.5 Å². The second-order valence-corrected chi connectivity index (χ2v) is 17.6. The van der Waals surface area contributed by atoms with Gasteiger partial charge in [-0.15, -0.1) is 23.1 Å². The Labute approximate surface area is 343 Å². The van der Waals surface area contributed by atoms with E-state index in [4.69, 9.17) is 15.0 Å². The Morgan fingerprint density at radius 1 is 0.517 bits per heavy atom. The normalized spacial score (nSPS) is 17.1. The van der Waals surface area contributed by atoms with Crippen molar-refractivity contribution in [3.8, 4) is 51.0 Å². The summed E-state index contributed by atoms with van der Waals surface area (Å²) in [6.45, 7) is 2.34. The SMILES string of the molecule is CC12C=CC=CC1Sc1c(-c3nc(-c4ccc5c(c4)sc4ccccc45)nc(-c4ccc5c6ccccc6n(-c6ccc(-c7ccccc7)cc6)c5c4)n3)cccc12. The predicted octanol–water partition coefficient (Wildman–Crippen LogP) is 13.9. The van der Waals surface area contributed by atoms with Crippen LogP contribution in [-0.4, -0.2) is 24.8 Å². The largest absolute Gasteiger partial charge is 0.309 e. The van der Waals surface area contributed by atoms with E-state index in [1.807, 2.05) is 23.1 Å². The van der Waals surface area contributed by atoms with Gasteiger partial charge in [0.1, 0.15) is 0 Å². The fourth-order valence-electron chi connectivity index (χ4n) is 8.95. The second-order valence-electron chi connectivity index (χ2n) is 15.4. The quantitative estimate of drug-likeness (QED) is 0.175. The highest BCUT2D eigenvalue weighted by Gasteiger charge is 2.43. The Morgan fingerprint density at radius 3 is 2.02 bits per heavy atom. The molecule has 0 fully saturated rings. The molecule has 0 saturated heterocycles. The van der Waals surface area contributed by atoms with Crippen LogP contribution in [0.4, 0.5) is 0 Å². The van der Waals surface area contributed by atoms with Crippen LogP contribution in [0, 0.1) is 0 Å². The molecule has 10 aromatic rings. The number of aromatic nitrogens is 4. The van der Waals surface area contributed by atoms with Crippen LogP contribution in [0.25, 0.3) is 93.0 Å². The maximum Gasteiger partial charge on any atom is 0.165 e. The van der Waals surface area contributed by atoms with Gasteiger partial charge in [0.25, 0.3) is 0 Å². The minimum absolute atomic E-state index is 0.0899. The summed E-state index contributed by atoms with van der Waals surface area (Å²) in [5.74, 6) is 2.01. The highest BCUT2D eigenvalue weighted by atomic mass is 32.2. The van der Waals surface area contributed by atoms with Crippen LogP contribution in [0.15, 0.2) is 187 Å². The van der Waals surface area contributed by atoms with E-state index in [1.54, 1.807) is 0 Å². The summed E-state index contributed by atoms with van der Waals surface area (Å²) in [7, 11) is 0. The lowest BCUT2D eigenvalue weighted by Crippen LogP contribution is -2.28. The number of hydrogen-bond donors (Lipinski definition) is 0. The predicted molar refractivity (Wildman–Crippen MR) is 244 cm³/mol.